The minimum absolute atomic E-state index is 0.0654. The van der Waals surface area contributed by atoms with E-state index < -0.39 is 10.8 Å². The first-order valence-corrected chi connectivity index (χ1v) is 7.78. The highest BCUT2D eigenvalue weighted by molar-refractivity contribution is 5.94. The summed E-state index contributed by atoms with van der Waals surface area (Å²) in [5.74, 6) is -0.280. The molecule has 0 aliphatic carbocycles. The molecule has 2 aromatic rings. The second kappa shape index (κ2) is 7.59. The number of hydrogen-bond donors (Lipinski definition) is 2. The highest BCUT2D eigenvalue weighted by Gasteiger charge is 2.20. The summed E-state index contributed by atoms with van der Waals surface area (Å²) in [6.07, 6.45) is 0.818. The second-order valence-electron chi connectivity index (χ2n) is 6.09. The van der Waals surface area contributed by atoms with Crippen LogP contribution < -0.4 is 11.1 Å². The second-order valence-corrected chi connectivity index (χ2v) is 6.09. The van der Waals surface area contributed by atoms with Gasteiger partial charge in [-0.1, -0.05) is 44.2 Å². The van der Waals surface area contributed by atoms with Crippen molar-refractivity contribution >= 4 is 17.3 Å². The lowest BCUT2D eigenvalue weighted by Crippen LogP contribution is -2.15. The van der Waals surface area contributed by atoms with Crippen LogP contribution in [-0.4, -0.2) is 10.8 Å². The van der Waals surface area contributed by atoms with E-state index >= 15 is 0 Å². The molecule has 0 saturated heterocycles. The zero-order chi connectivity index (χ0) is 17.7. The molecule has 24 heavy (non-hydrogen) atoms. The van der Waals surface area contributed by atoms with Crippen LogP contribution in [0.5, 0.6) is 0 Å². The number of nitro benzene ring substituents is 1. The number of nitro groups is 1. The zero-order valence-electron chi connectivity index (χ0n) is 13.7. The zero-order valence-corrected chi connectivity index (χ0v) is 13.7. The van der Waals surface area contributed by atoms with Crippen molar-refractivity contribution in [1.29, 1.82) is 0 Å². The Bertz CT molecular complexity index is 730. The van der Waals surface area contributed by atoms with Crippen LogP contribution in [0.2, 0.25) is 0 Å². The summed E-state index contributed by atoms with van der Waals surface area (Å²) in [6, 6.07) is 14.0. The van der Waals surface area contributed by atoms with Crippen molar-refractivity contribution < 1.29 is 9.72 Å². The molecule has 2 rings (SSSR count). The van der Waals surface area contributed by atoms with E-state index in [0.29, 0.717) is 11.6 Å². The van der Waals surface area contributed by atoms with Gasteiger partial charge in [-0.3, -0.25) is 14.9 Å². The fourth-order valence-corrected chi connectivity index (χ4v) is 2.58. The summed E-state index contributed by atoms with van der Waals surface area (Å²) < 4.78 is 0. The standard InChI is InChI=1S/C18H21N3O3/c1-12(2)10-16(13-6-4-3-5-7-13)20-15-9-8-14(18(19)22)11-17(15)21(23)24/h3-9,11-12,16,20H,10H2,1-2H3,(H2,19,22)/t16-/m0/s1. The number of hydrogen-bond acceptors (Lipinski definition) is 4. The summed E-state index contributed by atoms with van der Waals surface area (Å²) in [6.45, 7) is 4.20. The number of anilines is 1. The molecule has 1 atom stereocenters. The molecule has 6 nitrogen and oxygen atoms in total. The first-order valence-electron chi connectivity index (χ1n) is 7.78. The van der Waals surface area contributed by atoms with Crippen LogP contribution in [0.1, 0.15) is 42.2 Å². The Balaban J connectivity index is 2.38. The Morgan fingerprint density at radius 3 is 2.42 bits per heavy atom. The van der Waals surface area contributed by atoms with Gasteiger partial charge >= 0.3 is 0 Å². The Kier molecular flexibility index (Phi) is 5.52. The maximum absolute atomic E-state index is 11.4. The first kappa shape index (κ1) is 17.5. The predicted octanol–water partition coefficient (Wildman–Crippen LogP) is 3.89. The number of nitrogens with one attached hydrogen (secondary N) is 1. The molecule has 3 N–H and O–H groups in total. The Morgan fingerprint density at radius 1 is 1.21 bits per heavy atom. The lowest BCUT2D eigenvalue weighted by atomic mass is 9.96. The van der Waals surface area contributed by atoms with Crippen molar-refractivity contribution in [3.8, 4) is 0 Å². The SMILES string of the molecule is CC(C)C[C@H](Nc1ccc(C(N)=O)cc1[N+](=O)[O-])c1ccccc1. The summed E-state index contributed by atoms with van der Waals surface area (Å²) in [5.41, 5.74) is 6.60. The minimum Gasteiger partial charge on any atom is -0.373 e. The minimum atomic E-state index is -0.688. The number of carbonyl (C=O) groups is 1. The summed E-state index contributed by atoms with van der Waals surface area (Å²) in [4.78, 5) is 22.1. The van der Waals surface area contributed by atoms with Crippen molar-refractivity contribution in [2.45, 2.75) is 26.3 Å². The number of rotatable bonds is 7. The molecule has 0 aromatic heterocycles. The fraction of sp³-hybridized carbons (Fsp3) is 0.278. The van der Waals surface area contributed by atoms with Crippen LogP contribution in [0.15, 0.2) is 48.5 Å². The van der Waals surface area contributed by atoms with Crippen LogP contribution in [0.3, 0.4) is 0 Å². The molecule has 2 aromatic carbocycles. The number of carbonyl (C=O) groups excluding carboxylic acids is 1. The lowest BCUT2D eigenvalue weighted by Gasteiger charge is -2.22. The number of primary amides is 1. The van der Waals surface area contributed by atoms with Gasteiger partial charge in [-0.05, 0) is 30.0 Å². The predicted molar refractivity (Wildman–Crippen MR) is 93.9 cm³/mol. The molecule has 0 saturated carbocycles. The van der Waals surface area contributed by atoms with Gasteiger partial charge in [-0.2, -0.15) is 0 Å². The molecule has 0 bridgehead atoms. The maximum Gasteiger partial charge on any atom is 0.293 e. The van der Waals surface area contributed by atoms with Crippen molar-refractivity contribution in [1.82, 2.24) is 0 Å². The number of amides is 1. The molecular formula is C18H21N3O3. The van der Waals surface area contributed by atoms with Crippen molar-refractivity contribution in [2.75, 3.05) is 5.32 Å². The van der Waals surface area contributed by atoms with Crippen molar-refractivity contribution in [3.63, 3.8) is 0 Å². The molecule has 0 unspecified atom stereocenters. The van der Waals surface area contributed by atoms with E-state index in [1.54, 1.807) is 0 Å². The van der Waals surface area contributed by atoms with Crippen LogP contribution in [0.4, 0.5) is 11.4 Å². The third-order valence-electron chi connectivity index (χ3n) is 3.72. The Labute approximate surface area is 140 Å². The molecular weight excluding hydrogens is 306 g/mol. The van der Waals surface area contributed by atoms with E-state index in [9.17, 15) is 14.9 Å². The summed E-state index contributed by atoms with van der Waals surface area (Å²) in [5, 5.41) is 14.6. The number of benzene rings is 2. The van der Waals surface area contributed by atoms with Gasteiger partial charge in [-0.15, -0.1) is 0 Å². The summed E-state index contributed by atoms with van der Waals surface area (Å²) >= 11 is 0. The average molecular weight is 327 g/mol. The van der Waals surface area contributed by atoms with Gasteiger partial charge in [0.05, 0.1) is 11.0 Å². The average Bonchev–Trinajstić information content (AvgIpc) is 2.54. The highest BCUT2D eigenvalue weighted by atomic mass is 16.6. The third-order valence-corrected chi connectivity index (χ3v) is 3.72. The molecule has 126 valence electrons. The summed E-state index contributed by atoms with van der Waals surface area (Å²) in [7, 11) is 0. The van der Waals surface area contributed by atoms with E-state index in [0.717, 1.165) is 12.0 Å². The van der Waals surface area contributed by atoms with Crippen LogP contribution in [-0.2, 0) is 0 Å². The third kappa shape index (κ3) is 4.32. The van der Waals surface area contributed by atoms with Crippen molar-refractivity contribution in [2.24, 2.45) is 11.7 Å². The molecule has 0 radical (unpaired) electrons. The van der Waals surface area contributed by atoms with Gasteiger partial charge in [0.15, 0.2) is 0 Å². The largest absolute Gasteiger partial charge is 0.373 e. The quantitative estimate of drug-likeness (QED) is 0.595. The lowest BCUT2D eigenvalue weighted by molar-refractivity contribution is -0.384. The van der Waals surface area contributed by atoms with Gasteiger partial charge < -0.3 is 11.1 Å². The van der Waals surface area contributed by atoms with E-state index in [1.807, 2.05) is 30.3 Å². The molecule has 0 fully saturated rings. The highest BCUT2D eigenvalue weighted by Crippen LogP contribution is 2.32. The van der Waals surface area contributed by atoms with Gasteiger partial charge in [0, 0.05) is 11.6 Å². The van der Waals surface area contributed by atoms with E-state index in [1.165, 1.54) is 18.2 Å². The van der Waals surface area contributed by atoms with Crippen LogP contribution in [0.25, 0.3) is 0 Å². The fourth-order valence-electron chi connectivity index (χ4n) is 2.58. The molecule has 1 amide bonds. The van der Waals surface area contributed by atoms with E-state index in [2.05, 4.69) is 19.2 Å². The monoisotopic (exact) mass is 327 g/mol. The van der Waals surface area contributed by atoms with Crippen molar-refractivity contribution in [3.05, 3.63) is 69.8 Å². The number of nitrogens with zero attached hydrogens (tertiary/aromatic N) is 1. The van der Waals surface area contributed by atoms with Gasteiger partial charge in [0.25, 0.3) is 5.69 Å². The molecule has 6 heteroatoms. The molecule has 0 aliphatic heterocycles. The Morgan fingerprint density at radius 2 is 1.88 bits per heavy atom. The maximum atomic E-state index is 11.4. The van der Waals surface area contributed by atoms with E-state index in [4.69, 9.17) is 5.73 Å². The smallest absolute Gasteiger partial charge is 0.293 e. The molecule has 0 aliphatic rings. The van der Waals surface area contributed by atoms with Gasteiger partial charge in [0.1, 0.15) is 5.69 Å². The van der Waals surface area contributed by atoms with Gasteiger partial charge in [0.2, 0.25) is 5.91 Å². The Hall–Kier alpha value is -2.89. The normalized spacial score (nSPS) is 12.0. The molecule has 0 heterocycles. The van der Waals surface area contributed by atoms with Crippen LogP contribution >= 0.6 is 0 Å². The number of nitrogens with two attached hydrogens (primary N) is 1. The van der Waals surface area contributed by atoms with Gasteiger partial charge in [-0.25, -0.2) is 0 Å². The molecule has 0 spiro atoms. The first-order chi connectivity index (χ1) is 11.4. The topological polar surface area (TPSA) is 98.3 Å². The van der Waals surface area contributed by atoms with Crippen LogP contribution in [0, 0.1) is 16.0 Å². The van der Waals surface area contributed by atoms with E-state index in [-0.39, 0.29) is 17.3 Å².